The van der Waals surface area contributed by atoms with Crippen LogP contribution in [0.5, 0.6) is 11.5 Å². The highest BCUT2D eigenvalue weighted by molar-refractivity contribution is 5.98. The van der Waals surface area contributed by atoms with Crippen LogP contribution in [-0.2, 0) is 9.59 Å². The topological polar surface area (TPSA) is 97.0 Å². The molecule has 3 saturated carbocycles. The summed E-state index contributed by atoms with van der Waals surface area (Å²) in [5.41, 5.74) is -0.264. The van der Waals surface area contributed by atoms with Crippen LogP contribution in [0, 0.1) is 17.8 Å². The molecule has 4 unspecified atom stereocenters. The second-order valence-electron chi connectivity index (χ2n) is 8.50. The average molecular weight is 399 g/mol. The molecule has 6 rings (SSSR count). The summed E-state index contributed by atoms with van der Waals surface area (Å²) in [4.78, 5) is 39.3. The molecule has 1 saturated heterocycles. The molecule has 8 heteroatoms. The Bertz CT molecular complexity index is 887. The van der Waals surface area contributed by atoms with Crippen LogP contribution in [0.3, 0.4) is 0 Å². The molecule has 5 aliphatic rings. The van der Waals surface area contributed by atoms with Crippen LogP contribution in [0.15, 0.2) is 18.2 Å². The number of amides is 3. The van der Waals surface area contributed by atoms with E-state index in [4.69, 9.17) is 9.47 Å². The number of carbonyl (C=O) groups excluding carboxylic acids is 3. The van der Waals surface area contributed by atoms with Gasteiger partial charge in [0.1, 0.15) is 11.5 Å². The van der Waals surface area contributed by atoms with Crippen molar-refractivity contribution in [2.75, 3.05) is 26.7 Å². The minimum Gasteiger partial charge on any atom is -0.497 e. The van der Waals surface area contributed by atoms with Crippen LogP contribution in [0.2, 0.25) is 0 Å². The fourth-order valence-electron chi connectivity index (χ4n) is 5.48. The highest BCUT2D eigenvalue weighted by Gasteiger charge is 2.57. The Morgan fingerprint density at radius 1 is 1.31 bits per heavy atom. The van der Waals surface area contributed by atoms with Crippen molar-refractivity contribution in [3.05, 3.63) is 23.8 Å². The molecule has 2 aliphatic heterocycles. The molecule has 2 heterocycles. The van der Waals surface area contributed by atoms with Crippen LogP contribution in [-0.4, -0.2) is 55.1 Å². The van der Waals surface area contributed by atoms with Gasteiger partial charge < -0.3 is 25.0 Å². The summed E-state index contributed by atoms with van der Waals surface area (Å²) in [7, 11) is 1.58. The Balaban J connectivity index is 1.38. The molecule has 3 amide bonds. The monoisotopic (exact) mass is 399 g/mol. The molecule has 0 radical (unpaired) electrons. The quantitative estimate of drug-likeness (QED) is 0.771. The summed E-state index contributed by atoms with van der Waals surface area (Å²) in [5.74, 6) is 1.08. The number of ether oxygens (including phenoxy) is 2. The van der Waals surface area contributed by atoms with E-state index in [1.54, 1.807) is 30.2 Å². The van der Waals surface area contributed by atoms with Crippen molar-refractivity contribution >= 4 is 17.7 Å². The fourth-order valence-corrected chi connectivity index (χ4v) is 5.48. The van der Waals surface area contributed by atoms with Gasteiger partial charge in [0.15, 0.2) is 5.72 Å². The van der Waals surface area contributed by atoms with Gasteiger partial charge >= 0.3 is 0 Å². The minimum atomic E-state index is -0.768. The number of hydrogen-bond donors (Lipinski definition) is 2. The van der Waals surface area contributed by atoms with Crippen LogP contribution in [0.25, 0.3) is 0 Å². The van der Waals surface area contributed by atoms with Crippen molar-refractivity contribution in [2.24, 2.45) is 17.8 Å². The molecular weight excluding hydrogens is 374 g/mol. The lowest BCUT2D eigenvalue weighted by atomic mass is 9.59. The summed E-state index contributed by atoms with van der Waals surface area (Å²) >= 11 is 0. The molecular formula is C21H25N3O5. The second kappa shape index (κ2) is 6.64. The number of piperazine rings is 1. The lowest BCUT2D eigenvalue weighted by molar-refractivity contribution is -0.158. The van der Waals surface area contributed by atoms with Gasteiger partial charge in [-0.2, -0.15) is 0 Å². The van der Waals surface area contributed by atoms with Crippen molar-refractivity contribution in [1.82, 2.24) is 15.5 Å². The molecule has 4 atom stereocenters. The fraction of sp³-hybridized carbons (Fsp3) is 0.571. The third-order valence-corrected chi connectivity index (χ3v) is 6.94. The number of hydrogen-bond acceptors (Lipinski definition) is 5. The SMILES string of the molecule is COc1ccc2c(c1)OC1(CC3CCC1CC3C(=O)N1CCNC(=O)C1)NC2=O. The van der Waals surface area contributed by atoms with Crippen molar-refractivity contribution in [3.63, 3.8) is 0 Å². The van der Waals surface area contributed by atoms with Gasteiger partial charge in [0, 0.05) is 37.4 Å². The van der Waals surface area contributed by atoms with Gasteiger partial charge in [0.05, 0.1) is 19.2 Å². The van der Waals surface area contributed by atoms with E-state index in [2.05, 4.69) is 10.6 Å². The average Bonchev–Trinajstić information content (AvgIpc) is 2.73. The molecule has 3 aliphatic carbocycles. The molecule has 29 heavy (non-hydrogen) atoms. The molecule has 2 bridgehead atoms. The first-order valence-corrected chi connectivity index (χ1v) is 10.2. The molecule has 1 aromatic carbocycles. The lowest BCUT2D eigenvalue weighted by Crippen LogP contribution is -2.67. The third-order valence-electron chi connectivity index (χ3n) is 6.94. The van der Waals surface area contributed by atoms with E-state index in [1.807, 2.05) is 0 Å². The van der Waals surface area contributed by atoms with Gasteiger partial charge in [-0.25, -0.2) is 0 Å². The standard InChI is InChI=1S/C21H25N3O5/c1-28-14-4-5-15-17(9-14)29-21(23-19(15)26)10-12-2-3-13(21)8-16(12)20(27)24-7-6-22-18(25)11-24/h4-5,9,12-13,16H,2-3,6-8,10-11H2,1H3,(H,22,25)(H,23,26). The zero-order chi connectivity index (χ0) is 20.2. The Labute approximate surface area is 168 Å². The first-order chi connectivity index (χ1) is 14.0. The second-order valence-corrected chi connectivity index (χ2v) is 8.50. The molecule has 2 N–H and O–H groups in total. The number of carbonyl (C=O) groups is 3. The predicted molar refractivity (Wildman–Crippen MR) is 102 cm³/mol. The molecule has 1 spiro atoms. The minimum absolute atomic E-state index is 0.0587. The summed E-state index contributed by atoms with van der Waals surface area (Å²) in [6.07, 6.45) is 3.12. The smallest absolute Gasteiger partial charge is 0.258 e. The Kier molecular flexibility index (Phi) is 4.18. The maximum Gasteiger partial charge on any atom is 0.258 e. The molecule has 1 aromatic rings. The van der Waals surface area contributed by atoms with Crippen molar-refractivity contribution in [1.29, 1.82) is 0 Å². The Morgan fingerprint density at radius 2 is 2.17 bits per heavy atom. The van der Waals surface area contributed by atoms with Crippen molar-refractivity contribution in [3.8, 4) is 11.5 Å². The number of fused-ring (bicyclic) bond motifs is 3. The number of nitrogens with one attached hydrogen (secondary N) is 2. The van der Waals surface area contributed by atoms with Crippen LogP contribution < -0.4 is 20.1 Å². The van der Waals surface area contributed by atoms with Gasteiger partial charge in [-0.15, -0.1) is 0 Å². The predicted octanol–water partition coefficient (Wildman–Crippen LogP) is 0.908. The summed E-state index contributed by atoms with van der Waals surface area (Å²) in [6, 6.07) is 5.22. The number of methoxy groups -OCH3 is 1. The highest BCUT2D eigenvalue weighted by atomic mass is 16.5. The highest BCUT2D eigenvalue weighted by Crippen LogP contribution is 2.53. The van der Waals surface area contributed by atoms with Gasteiger partial charge in [-0.1, -0.05) is 0 Å². The number of benzene rings is 1. The van der Waals surface area contributed by atoms with E-state index < -0.39 is 5.72 Å². The number of rotatable bonds is 2. The lowest BCUT2D eigenvalue weighted by Gasteiger charge is -2.55. The van der Waals surface area contributed by atoms with Crippen LogP contribution in [0.1, 0.15) is 36.0 Å². The van der Waals surface area contributed by atoms with Gasteiger partial charge in [-0.3, -0.25) is 14.4 Å². The van der Waals surface area contributed by atoms with Crippen molar-refractivity contribution in [2.45, 2.75) is 31.4 Å². The molecule has 0 aromatic heterocycles. The molecule has 8 nitrogen and oxygen atoms in total. The Morgan fingerprint density at radius 3 is 2.90 bits per heavy atom. The Hall–Kier alpha value is -2.77. The van der Waals surface area contributed by atoms with Crippen LogP contribution in [0.4, 0.5) is 0 Å². The van der Waals surface area contributed by atoms with E-state index in [9.17, 15) is 14.4 Å². The maximum atomic E-state index is 13.1. The number of nitrogens with zero attached hydrogens (tertiary/aromatic N) is 1. The molecule has 154 valence electrons. The van der Waals surface area contributed by atoms with E-state index in [-0.39, 0.29) is 42.0 Å². The van der Waals surface area contributed by atoms with Gasteiger partial charge in [-0.05, 0) is 37.3 Å². The zero-order valence-electron chi connectivity index (χ0n) is 16.4. The third kappa shape index (κ3) is 2.92. The van der Waals surface area contributed by atoms with E-state index >= 15 is 0 Å². The normalized spacial score (nSPS) is 32.9. The first-order valence-electron chi connectivity index (χ1n) is 10.2. The van der Waals surface area contributed by atoms with Gasteiger partial charge in [0.25, 0.3) is 5.91 Å². The van der Waals surface area contributed by atoms with Gasteiger partial charge in [0.2, 0.25) is 11.8 Å². The zero-order valence-corrected chi connectivity index (χ0v) is 16.4. The van der Waals surface area contributed by atoms with E-state index in [0.29, 0.717) is 43.0 Å². The summed E-state index contributed by atoms with van der Waals surface area (Å²) in [5, 5.41) is 5.88. The molecule has 4 fully saturated rings. The summed E-state index contributed by atoms with van der Waals surface area (Å²) < 4.78 is 11.7. The largest absolute Gasteiger partial charge is 0.497 e. The maximum absolute atomic E-state index is 13.1. The van der Waals surface area contributed by atoms with E-state index in [1.165, 1.54) is 0 Å². The first kappa shape index (κ1) is 18.3. The van der Waals surface area contributed by atoms with E-state index in [0.717, 1.165) is 12.8 Å². The summed E-state index contributed by atoms with van der Waals surface area (Å²) in [6.45, 7) is 1.20. The van der Waals surface area contributed by atoms with Crippen LogP contribution >= 0.6 is 0 Å². The van der Waals surface area contributed by atoms with Crippen molar-refractivity contribution < 1.29 is 23.9 Å².